The largest absolute Gasteiger partial charge is 0.348 e. The van der Waals surface area contributed by atoms with Crippen molar-refractivity contribution < 1.29 is 18.1 Å². The van der Waals surface area contributed by atoms with E-state index in [-0.39, 0.29) is 10.8 Å². The maximum absolute atomic E-state index is 12.2. The Kier molecular flexibility index (Phi) is 6.94. The summed E-state index contributed by atoms with van der Waals surface area (Å²) in [7, 11) is -3.25. The Morgan fingerprint density at radius 3 is 1.96 bits per heavy atom. The van der Waals surface area contributed by atoms with Gasteiger partial charge in [-0.05, 0) is 43.7 Å². The van der Waals surface area contributed by atoms with E-state index >= 15 is 0 Å². The Bertz CT molecular complexity index is 824. The number of sulfone groups is 1. The molecule has 0 aliphatic rings. The van der Waals surface area contributed by atoms with E-state index in [1.54, 1.807) is 0 Å². The molecule has 0 aliphatic heterocycles. The number of hydrogen-bond acceptors (Lipinski definition) is 3. The van der Waals surface area contributed by atoms with Crippen LogP contribution in [0.15, 0.2) is 53.4 Å². The van der Waals surface area contributed by atoms with Gasteiger partial charge >= 0.3 is 0 Å². The molecule has 6 heteroatoms. The Morgan fingerprint density at radius 2 is 1.46 bits per heavy atom. The molecular weight excluding hydrogens is 348 g/mol. The molecule has 1 amide bonds. The summed E-state index contributed by atoms with van der Waals surface area (Å²) in [6, 6.07) is 14.2. The first-order chi connectivity index (χ1) is 12.3. The minimum Gasteiger partial charge on any atom is -0.348 e. The third-order valence-electron chi connectivity index (χ3n) is 4.47. The van der Waals surface area contributed by atoms with E-state index in [4.69, 9.17) is 0 Å². The molecule has 140 valence electrons. The average molecular weight is 376 g/mol. The molecule has 0 bridgehead atoms. The molecule has 0 spiro atoms. The van der Waals surface area contributed by atoms with E-state index in [1.807, 2.05) is 12.1 Å². The van der Waals surface area contributed by atoms with Crippen LogP contribution in [0.5, 0.6) is 0 Å². The molecule has 0 fully saturated rings. The van der Waals surface area contributed by atoms with Crippen molar-refractivity contribution >= 4 is 15.7 Å². The summed E-state index contributed by atoms with van der Waals surface area (Å²) in [6.45, 7) is 8.02. The Labute approximate surface area is 156 Å². The van der Waals surface area contributed by atoms with Gasteiger partial charge in [0.2, 0.25) is 0 Å². The molecule has 2 N–H and O–H groups in total. The van der Waals surface area contributed by atoms with Gasteiger partial charge in [-0.2, -0.15) is 0 Å². The molecule has 2 aromatic rings. The molecule has 0 saturated heterocycles. The first-order valence-electron chi connectivity index (χ1n) is 8.83. The van der Waals surface area contributed by atoms with Crippen molar-refractivity contribution in [1.29, 1.82) is 0 Å². The van der Waals surface area contributed by atoms with Gasteiger partial charge in [-0.25, -0.2) is 8.42 Å². The lowest BCUT2D eigenvalue weighted by molar-refractivity contribution is -0.910. The molecule has 0 atom stereocenters. The van der Waals surface area contributed by atoms with Crippen molar-refractivity contribution in [3.63, 3.8) is 0 Å². The second kappa shape index (κ2) is 8.96. The number of hydrogen-bond donors (Lipinski definition) is 2. The summed E-state index contributed by atoms with van der Waals surface area (Å²) in [5.74, 6) is -0.221. The van der Waals surface area contributed by atoms with Gasteiger partial charge in [-0.3, -0.25) is 4.79 Å². The standard InChI is InChI=1S/C20H26N2O3S/c1-4-22(5-2)15-17-8-6-16(7-9-17)14-21-20(23)18-10-12-19(13-11-18)26(3,24)25/h6-13H,4-5,14-15H2,1-3H3,(H,21,23)/p+1. The number of nitrogens with one attached hydrogen (secondary N) is 2. The zero-order valence-electron chi connectivity index (χ0n) is 15.6. The average Bonchev–Trinajstić information content (AvgIpc) is 2.64. The summed E-state index contributed by atoms with van der Waals surface area (Å²) in [5.41, 5.74) is 2.76. The van der Waals surface area contributed by atoms with E-state index in [2.05, 4.69) is 31.3 Å². The second-order valence-corrected chi connectivity index (χ2v) is 8.45. The highest BCUT2D eigenvalue weighted by molar-refractivity contribution is 7.90. The van der Waals surface area contributed by atoms with Crippen LogP contribution >= 0.6 is 0 Å². The van der Waals surface area contributed by atoms with Crippen molar-refractivity contribution in [3.8, 4) is 0 Å². The molecule has 2 aromatic carbocycles. The maximum atomic E-state index is 12.2. The minimum atomic E-state index is -3.25. The van der Waals surface area contributed by atoms with Crippen LogP contribution < -0.4 is 10.2 Å². The molecule has 26 heavy (non-hydrogen) atoms. The lowest BCUT2D eigenvalue weighted by Gasteiger charge is -2.15. The summed E-state index contributed by atoms with van der Waals surface area (Å²) >= 11 is 0. The predicted octanol–water partition coefficient (Wildman–Crippen LogP) is 1.44. The van der Waals surface area contributed by atoms with E-state index < -0.39 is 9.84 Å². The van der Waals surface area contributed by atoms with Gasteiger partial charge < -0.3 is 10.2 Å². The SMILES string of the molecule is CC[NH+](CC)Cc1ccc(CNC(=O)c2ccc(S(C)(=O)=O)cc2)cc1. The zero-order valence-corrected chi connectivity index (χ0v) is 16.4. The van der Waals surface area contributed by atoms with E-state index in [9.17, 15) is 13.2 Å². The molecule has 0 aliphatic carbocycles. The second-order valence-electron chi connectivity index (χ2n) is 6.43. The van der Waals surface area contributed by atoms with Crippen LogP contribution in [0.3, 0.4) is 0 Å². The number of benzene rings is 2. The first-order valence-corrected chi connectivity index (χ1v) is 10.7. The first kappa shape index (κ1) is 20.1. The quantitative estimate of drug-likeness (QED) is 0.734. The topological polar surface area (TPSA) is 67.7 Å². The third kappa shape index (κ3) is 5.68. The fourth-order valence-electron chi connectivity index (χ4n) is 2.70. The lowest BCUT2D eigenvalue weighted by Crippen LogP contribution is -3.10. The lowest BCUT2D eigenvalue weighted by atomic mass is 10.1. The summed E-state index contributed by atoms with van der Waals surface area (Å²) < 4.78 is 22.9. The van der Waals surface area contributed by atoms with Gasteiger partial charge in [0.15, 0.2) is 9.84 Å². The Morgan fingerprint density at radius 1 is 0.923 bits per heavy atom. The highest BCUT2D eigenvalue weighted by Gasteiger charge is 2.10. The number of amides is 1. The molecule has 0 unspecified atom stereocenters. The van der Waals surface area contributed by atoms with E-state index in [1.165, 1.54) is 34.7 Å². The molecule has 0 saturated carbocycles. The van der Waals surface area contributed by atoms with Crippen molar-refractivity contribution in [2.75, 3.05) is 19.3 Å². The van der Waals surface area contributed by atoms with Gasteiger partial charge in [0.05, 0.1) is 18.0 Å². The van der Waals surface area contributed by atoms with Crippen LogP contribution in [0.4, 0.5) is 0 Å². The summed E-state index contributed by atoms with van der Waals surface area (Å²) in [4.78, 5) is 13.9. The van der Waals surface area contributed by atoms with Crippen molar-refractivity contribution in [1.82, 2.24) is 5.32 Å². The predicted molar refractivity (Wildman–Crippen MR) is 103 cm³/mol. The number of carbonyl (C=O) groups is 1. The normalized spacial score (nSPS) is 11.5. The van der Waals surface area contributed by atoms with Crippen molar-refractivity contribution in [2.24, 2.45) is 0 Å². The molecule has 0 radical (unpaired) electrons. The van der Waals surface area contributed by atoms with Crippen LogP contribution in [0.1, 0.15) is 35.3 Å². The maximum Gasteiger partial charge on any atom is 0.251 e. The fraction of sp³-hybridized carbons (Fsp3) is 0.350. The number of rotatable bonds is 8. The van der Waals surface area contributed by atoms with Gasteiger partial charge in [-0.1, -0.05) is 24.3 Å². The third-order valence-corrected chi connectivity index (χ3v) is 5.60. The smallest absolute Gasteiger partial charge is 0.251 e. The monoisotopic (exact) mass is 375 g/mol. The molecule has 5 nitrogen and oxygen atoms in total. The fourth-order valence-corrected chi connectivity index (χ4v) is 3.33. The van der Waals surface area contributed by atoms with Crippen molar-refractivity contribution in [3.05, 3.63) is 65.2 Å². The number of carbonyl (C=O) groups excluding carboxylic acids is 1. The Hall–Kier alpha value is -2.18. The highest BCUT2D eigenvalue weighted by Crippen LogP contribution is 2.10. The molecule has 2 rings (SSSR count). The van der Waals surface area contributed by atoms with Gasteiger partial charge in [-0.15, -0.1) is 0 Å². The number of quaternary nitrogens is 1. The minimum absolute atomic E-state index is 0.208. The van der Waals surface area contributed by atoms with Crippen LogP contribution in [-0.4, -0.2) is 33.7 Å². The van der Waals surface area contributed by atoms with E-state index in [0.717, 1.165) is 31.5 Å². The van der Waals surface area contributed by atoms with Crippen LogP contribution in [-0.2, 0) is 22.9 Å². The van der Waals surface area contributed by atoms with Crippen molar-refractivity contribution in [2.45, 2.75) is 31.8 Å². The van der Waals surface area contributed by atoms with Gasteiger partial charge in [0.25, 0.3) is 5.91 Å². The van der Waals surface area contributed by atoms with E-state index in [0.29, 0.717) is 12.1 Å². The van der Waals surface area contributed by atoms with Crippen LogP contribution in [0.25, 0.3) is 0 Å². The van der Waals surface area contributed by atoms with Crippen LogP contribution in [0, 0.1) is 0 Å². The van der Waals surface area contributed by atoms with Gasteiger partial charge in [0.1, 0.15) is 6.54 Å². The molecule has 0 aromatic heterocycles. The zero-order chi connectivity index (χ0) is 19.2. The highest BCUT2D eigenvalue weighted by atomic mass is 32.2. The van der Waals surface area contributed by atoms with Crippen LogP contribution in [0.2, 0.25) is 0 Å². The molecule has 0 heterocycles. The molecular formula is C20H27N2O3S+. The summed E-state index contributed by atoms with van der Waals surface area (Å²) in [6.07, 6.45) is 1.15. The summed E-state index contributed by atoms with van der Waals surface area (Å²) in [5, 5.41) is 2.86. The van der Waals surface area contributed by atoms with Gasteiger partial charge in [0, 0.05) is 23.9 Å². The Balaban J connectivity index is 1.92.